The summed E-state index contributed by atoms with van der Waals surface area (Å²) in [6, 6.07) is 0.629. The molecule has 1 heterocycles. The molecule has 0 radical (unpaired) electrons. The molecule has 1 aliphatic rings. The topological polar surface area (TPSA) is 32.5 Å². The van der Waals surface area contributed by atoms with Gasteiger partial charge in [-0.3, -0.25) is 4.90 Å². The van der Waals surface area contributed by atoms with E-state index in [9.17, 15) is 0 Å². The average Bonchev–Trinajstić information content (AvgIpc) is 2.50. The van der Waals surface area contributed by atoms with Crippen molar-refractivity contribution in [2.24, 2.45) is 11.7 Å². The first-order valence-corrected chi connectivity index (χ1v) is 5.76. The summed E-state index contributed by atoms with van der Waals surface area (Å²) in [6.45, 7) is 10.1. The first-order valence-electron chi connectivity index (χ1n) is 5.76. The van der Waals surface area contributed by atoms with Crippen molar-refractivity contribution in [3.63, 3.8) is 0 Å². The summed E-state index contributed by atoms with van der Waals surface area (Å²) in [5.74, 6) is 0.856. The number of rotatable bonds is 5. The largest absolute Gasteiger partial charge is 0.329 e. The van der Waals surface area contributed by atoms with Gasteiger partial charge in [-0.25, -0.2) is 0 Å². The Morgan fingerprint density at radius 3 is 2.64 bits per heavy atom. The van der Waals surface area contributed by atoms with Crippen LogP contribution in [0.5, 0.6) is 0 Å². The molecule has 1 saturated heterocycles. The number of hydrogen-bond acceptors (Lipinski definition) is 3. The zero-order valence-electron chi connectivity index (χ0n) is 9.87. The summed E-state index contributed by atoms with van der Waals surface area (Å²) in [5.41, 5.74) is 5.62. The van der Waals surface area contributed by atoms with Crippen molar-refractivity contribution < 1.29 is 0 Å². The molecule has 0 bridgehead atoms. The third-order valence-electron chi connectivity index (χ3n) is 3.13. The van der Waals surface area contributed by atoms with Crippen LogP contribution < -0.4 is 5.73 Å². The summed E-state index contributed by atoms with van der Waals surface area (Å²) in [6.07, 6.45) is 1.35. The van der Waals surface area contributed by atoms with Crippen molar-refractivity contribution in [2.75, 3.05) is 39.8 Å². The fourth-order valence-electron chi connectivity index (χ4n) is 2.23. The second-order valence-corrected chi connectivity index (χ2v) is 4.79. The van der Waals surface area contributed by atoms with E-state index >= 15 is 0 Å². The minimum absolute atomic E-state index is 0.629. The highest BCUT2D eigenvalue weighted by molar-refractivity contribution is 4.77. The van der Waals surface area contributed by atoms with E-state index in [0.717, 1.165) is 19.0 Å². The van der Waals surface area contributed by atoms with Crippen LogP contribution in [0.4, 0.5) is 0 Å². The summed E-state index contributed by atoms with van der Waals surface area (Å²) in [4.78, 5) is 4.93. The molecule has 0 aromatic heterocycles. The quantitative estimate of drug-likeness (QED) is 0.704. The Kier molecular flexibility index (Phi) is 4.85. The summed E-state index contributed by atoms with van der Waals surface area (Å²) in [5, 5.41) is 0. The first-order chi connectivity index (χ1) is 6.63. The highest BCUT2D eigenvalue weighted by Crippen LogP contribution is 2.16. The number of hydrogen-bond donors (Lipinski definition) is 1. The second kappa shape index (κ2) is 5.69. The van der Waals surface area contributed by atoms with Gasteiger partial charge in [0.2, 0.25) is 0 Å². The predicted octanol–water partition coefficient (Wildman–Crippen LogP) is 0.607. The van der Waals surface area contributed by atoms with Gasteiger partial charge in [-0.1, -0.05) is 0 Å². The number of nitrogens with two attached hydrogens (primary N) is 1. The molecular weight excluding hydrogens is 174 g/mol. The van der Waals surface area contributed by atoms with E-state index in [1.165, 1.54) is 26.1 Å². The zero-order chi connectivity index (χ0) is 10.6. The second-order valence-electron chi connectivity index (χ2n) is 4.79. The van der Waals surface area contributed by atoms with Crippen molar-refractivity contribution in [1.82, 2.24) is 9.80 Å². The van der Waals surface area contributed by atoms with Crippen LogP contribution in [0, 0.1) is 5.92 Å². The molecule has 1 aliphatic heterocycles. The van der Waals surface area contributed by atoms with Gasteiger partial charge in [-0.15, -0.1) is 0 Å². The lowest BCUT2D eigenvalue weighted by atomic mass is 10.1. The third kappa shape index (κ3) is 3.56. The molecule has 0 saturated carbocycles. The standard InChI is InChI=1S/C11H25N3/c1-10(2)14(7-5-12)9-11-4-6-13(3)8-11/h10-11H,4-9,12H2,1-3H3/t11-/m0/s1. The van der Waals surface area contributed by atoms with Crippen molar-refractivity contribution in [1.29, 1.82) is 0 Å². The maximum absolute atomic E-state index is 5.62. The van der Waals surface area contributed by atoms with Gasteiger partial charge in [0.25, 0.3) is 0 Å². The fourth-order valence-corrected chi connectivity index (χ4v) is 2.23. The van der Waals surface area contributed by atoms with Crippen LogP contribution in [0.1, 0.15) is 20.3 Å². The van der Waals surface area contributed by atoms with E-state index in [0.29, 0.717) is 6.04 Å². The molecule has 1 fully saturated rings. The molecule has 3 nitrogen and oxygen atoms in total. The number of nitrogens with zero attached hydrogens (tertiary/aromatic N) is 2. The SMILES string of the molecule is CC(C)N(CCN)C[C@H]1CCN(C)C1. The maximum Gasteiger partial charge on any atom is 0.0107 e. The molecule has 0 unspecified atom stereocenters. The van der Waals surface area contributed by atoms with E-state index in [4.69, 9.17) is 5.73 Å². The Morgan fingerprint density at radius 2 is 2.21 bits per heavy atom. The van der Waals surface area contributed by atoms with Crippen molar-refractivity contribution >= 4 is 0 Å². The molecule has 3 heteroatoms. The summed E-state index contributed by atoms with van der Waals surface area (Å²) < 4.78 is 0. The van der Waals surface area contributed by atoms with Crippen molar-refractivity contribution in [3.05, 3.63) is 0 Å². The zero-order valence-corrected chi connectivity index (χ0v) is 9.87. The molecule has 0 aromatic rings. The Balaban J connectivity index is 2.31. The normalized spacial score (nSPS) is 24.0. The van der Waals surface area contributed by atoms with Crippen LogP contribution >= 0.6 is 0 Å². The monoisotopic (exact) mass is 199 g/mol. The summed E-state index contributed by atoms with van der Waals surface area (Å²) >= 11 is 0. The van der Waals surface area contributed by atoms with Gasteiger partial charge in [-0.05, 0) is 39.8 Å². The Hall–Kier alpha value is -0.120. The van der Waals surface area contributed by atoms with Crippen LogP contribution in [-0.2, 0) is 0 Å². The lowest BCUT2D eigenvalue weighted by molar-refractivity contribution is 0.193. The van der Waals surface area contributed by atoms with E-state index < -0.39 is 0 Å². The van der Waals surface area contributed by atoms with Crippen LogP contribution in [0.2, 0.25) is 0 Å². The van der Waals surface area contributed by atoms with E-state index in [-0.39, 0.29) is 0 Å². The maximum atomic E-state index is 5.62. The van der Waals surface area contributed by atoms with E-state index in [1.54, 1.807) is 0 Å². The summed E-state index contributed by atoms with van der Waals surface area (Å²) in [7, 11) is 2.21. The van der Waals surface area contributed by atoms with Crippen molar-refractivity contribution in [3.8, 4) is 0 Å². The first kappa shape index (κ1) is 12.0. The lowest BCUT2D eigenvalue weighted by Crippen LogP contribution is -2.39. The molecule has 14 heavy (non-hydrogen) atoms. The Labute approximate surface area is 88.2 Å². The Morgan fingerprint density at radius 1 is 1.50 bits per heavy atom. The average molecular weight is 199 g/mol. The van der Waals surface area contributed by atoms with Gasteiger partial charge in [-0.2, -0.15) is 0 Å². The van der Waals surface area contributed by atoms with E-state index in [2.05, 4.69) is 30.7 Å². The van der Waals surface area contributed by atoms with Crippen LogP contribution in [-0.4, -0.2) is 55.6 Å². The van der Waals surface area contributed by atoms with E-state index in [1.807, 2.05) is 0 Å². The molecule has 1 rings (SSSR count). The molecule has 0 aliphatic carbocycles. The third-order valence-corrected chi connectivity index (χ3v) is 3.13. The van der Waals surface area contributed by atoms with Crippen LogP contribution in [0.3, 0.4) is 0 Å². The van der Waals surface area contributed by atoms with Gasteiger partial charge in [0.15, 0.2) is 0 Å². The minimum atomic E-state index is 0.629. The minimum Gasteiger partial charge on any atom is -0.329 e. The Bertz CT molecular complexity index is 159. The van der Waals surface area contributed by atoms with Crippen molar-refractivity contribution in [2.45, 2.75) is 26.3 Å². The van der Waals surface area contributed by atoms with Crippen LogP contribution in [0.25, 0.3) is 0 Å². The lowest BCUT2D eigenvalue weighted by Gasteiger charge is -2.28. The molecule has 0 spiro atoms. The van der Waals surface area contributed by atoms with Gasteiger partial charge >= 0.3 is 0 Å². The smallest absolute Gasteiger partial charge is 0.0107 e. The predicted molar refractivity (Wildman–Crippen MR) is 61.4 cm³/mol. The molecule has 84 valence electrons. The number of likely N-dealkylation sites (tertiary alicyclic amines) is 1. The highest BCUT2D eigenvalue weighted by Gasteiger charge is 2.22. The highest BCUT2D eigenvalue weighted by atomic mass is 15.2. The van der Waals surface area contributed by atoms with Gasteiger partial charge in [0.05, 0.1) is 0 Å². The van der Waals surface area contributed by atoms with Gasteiger partial charge < -0.3 is 10.6 Å². The fraction of sp³-hybridized carbons (Fsp3) is 1.00. The molecule has 0 aromatic carbocycles. The molecule has 0 amide bonds. The molecular formula is C11H25N3. The molecule has 2 N–H and O–H groups in total. The van der Waals surface area contributed by atoms with Crippen LogP contribution in [0.15, 0.2) is 0 Å². The van der Waals surface area contributed by atoms with Gasteiger partial charge in [0.1, 0.15) is 0 Å². The van der Waals surface area contributed by atoms with Gasteiger partial charge in [0, 0.05) is 32.2 Å². The molecule has 1 atom stereocenters.